The zero-order valence-corrected chi connectivity index (χ0v) is 17.4. The molecule has 0 saturated carbocycles. The van der Waals surface area contributed by atoms with Crippen LogP contribution in [0, 0.1) is 0 Å². The van der Waals surface area contributed by atoms with Gasteiger partial charge in [0.1, 0.15) is 0 Å². The largest absolute Gasteiger partial charge is 0.448 e. The summed E-state index contributed by atoms with van der Waals surface area (Å²) in [5.74, 6) is 1.50. The van der Waals surface area contributed by atoms with Gasteiger partial charge in [-0.2, -0.15) is 4.98 Å². The summed E-state index contributed by atoms with van der Waals surface area (Å²) in [5, 5.41) is 12.9. The number of pyridine rings is 1. The number of nitrogens with zero attached hydrogens (tertiary/aromatic N) is 4. The quantitative estimate of drug-likeness (QED) is 0.390. The summed E-state index contributed by atoms with van der Waals surface area (Å²) in [7, 11) is 0. The van der Waals surface area contributed by atoms with Crippen LogP contribution in [0.2, 0.25) is 0 Å². The zero-order valence-electron chi connectivity index (χ0n) is 16.5. The van der Waals surface area contributed by atoms with Crippen LogP contribution < -0.4 is 10.1 Å². The molecule has 1 aliphatic rings. The van der Waals surface area contributed by atoms with Gasteiger partial charge in [0.25, 0.3) is 0 Å². The first kappa shape index (κ1) is 19.6. The van der Waals surface area contributed by atoms with Crippen molar-refractivity contribution in [2.75, 3.05) is 11.1 Å². The number of hydrogen-bond donors (Lipinski definition) is 1. The smallest absolute Gasteiger partial charge is 0.247 e. The van der Waals surface area contributed by atoms with Crippen LogP contribution in [0.15, 0.2) is 53.9 Å². The predicted molar refractivity (Wildman–Crippen MR) is 116 cm³/mol. The summed E-state index contributed by atoms with van der Waals surface area (Å²) in [6.45, 7) is 2.23. The van der Waals surface area contributed by atoms with E-state index >= 15 is 0 Å². The molecule has 0 saturated heterocycles. The lowest BCUT2D eigenvalue weighted by Crippen LogP contribution is -2.17. The van der Waals surface area contributed by atoms with Crippen LogP contribution >= 0.6 is 11.8 Å². The van der Waals surface area contributed by atoms with Gasteiger partial charge in [-0.15, -0.1) is 10.2 Å². The first-order chi connectivity index (χ1) is 14.3. The fourth-order valence-electron chi connectivity index (χ4n) is 3.27. The molecule has 1 aromatic carbocycles. The fraction of sp³-hybridized carbons (Fsp3) is 0.364. The molecule has 4 rings (SSSR count). The van der Waals surface area contributed by atoms with E-state index in [4.69, 9.17) is 9.72 Å². The molecule has 1 N–H and O–H groups in total. The van der Waals surface area contributed by atoms with Gasteiger partial charge in [-0.05, 0) is 24.6 Å². The van der Waals surface area contributed by atoms with E-state index in [1.165, 1.54) is 25.7 Å². The molecule has 0 fully saturated rings. The van der Waals surface area contributed by atoms with Gasteiger partial charge in [0, 0.05) is 35.0 Å². The molecule has 3 heterocycles. The van der Waals surface area contributed by atoms with Crippen molar-refractivity contribution in [2.45, 2.75) is 50.4 Å². The Kier molecular flexibility index (Phi) is 6.56. The van der Waals surface area contributed by atoms with Crippen molar-refractivity contribution < 1.29 is 4.74 Å². The van der Waals surface area contributed by atoms with Gasteiger partial charge >= 0.3 is 0 Å². The Morgan fingerprint density at radius 3 is 2.69 bits per heavy atom. The lowest BCUT2D eigenvalue weighted by molar-refractivity contribution is 0.225. The minimum absolute atomic E-state index is 0.371. The molecule has 0 bridgehead atoms. The lowest BCUT2D eigenvalue weighted by atomic mass is 10.1. The fourth-order valence-corrected chi connectivity index (χ4v) is 4.04. The number of anilines is 1. The Labute approximate surface area is 175 Å². The number of rotatable bonds is 8. The van der Waals surface area contributed by atoms with Crippen molar-refractivity contribution >= 4 is 17.4 Å². The van der Waals surface area contributed by atoms with E-state index in [0.29, 0.717) is 16.7 Å². The van der Waals surface area contributed by atoms with E-state index in [1.807, 2.05) is 36.4 Å². The molecule has 0 aliphatic carbocycles. The molecule has 0 radical (unpaired) electrons. The molecule has 1 aliphatic heterocycles. The van der Waals surface area contributed by atoms with Gasteiger partial charge in [-0.1, -0.05) is 62.6 Å². The molecule has 0 unspecified atom stereocenters. The Hall–Kier alpha value is -2.67. The SMILES string of the molecule is CCCCCCCSc1nnc2c(n1)O[C@@H](c1ccncc1)Nc1ccccc1-2. The highest BCUT2D eigenvalue weighted by molar-refractivity contribution is 7.99. The maximum absolute atomic E-state index is 6.26. The molecule has 1 atom stereocenters. The number of hydrogen-bond acceptors (Lipinski definition) is 7. The summed E-state index contributed by atoms with van der Waals surface area (Å²) in [4.78, 5) is 8.80. The number of ether oxygens (including phenoxy) is 1. The normalized spacial score (nSPS) is 14.9. The summed E-state index contributed by atoms with van der Waals surface area (Å²) in [6.07, 6.45) is 9.41. The third-order valence-electron chi connectivity index (χ3n) is 4.82. The molecular weight excluding hydrogens is 382 g/mol. The first-order valence-electron chi connectivity index (χ1n) is 10.1. The topological polar surface area (TPSA) is 72.8 Å². The molecule has 29 heavy (non-hydrogen) atoms. The van der Waals surface area contributed by atoms with Crippen molar-refractivity contribution in [1.82, 2.24) is 20.2 Å². The van der Waals surface area contributed by atoms with Crippen LogP contribution in [-0.4, -0.2) is 25.9 Å². The Morgan fingerprint density at radius 1 is 1.00 bits per heavy atom. The Morgan fingerprint density at radius 2 is 1.83 bits per heavy atom. The van der Waals surface area contributed by atoms with Gasteiger partial charge in [-0.3, -0.25) is 4.98 Å². The molecule has 150 valence electrons. The van der Waals surface area contributed by atoms with Crippen LogP contribution in [0.25, 0.3) is 11.3 Å². The highest BCUT2D eigenvalue weighted by atomic mass is 32.2. The Bertz CT molecular complexity index is 937. The number of unbranched alkanes of at least 4 members (excludes halogenated alkanes) is 4. The van der Waals surface area contributed by atoms with Gasteiger partial charge in [-0.25, -0.2) is 0 Å². The van der Waals surface area contributed by atoms with E-state index < -0.39 is 0 Å². The summed E-state index contributed by atoms with van der Waals surface area (Å²) in [5.41, 5.74) is 3.53. The van der Waals surface area contributed by atoms with Gasteiger partial charge in [0.2, 0.25) is 11.0 Å². The second-order valence-electron chi connectivity index (χ2n) is 6.98. The molecule has 2 aromatic heterocycles. The average Bonchev–Trinajstić information content (AvgIpc) is 2.93. The number of aromatic nitrogens is 4. The number of para-hydroxylation sites is 1. The summed E-state index contributed by atoms with van der Waals surface area (Å²) in [6, 6.07) is 11.9. The molecule has 0 spiro atoms. The van der Waals surface area contributed by atoms with Crippen molar-refractivity contribution in [3.8, 4) is 17.1 Å². The predicted octanol–water partition coefficient (Wildman–Crippen LogP) is 5.50. The van der Waals surface area contributed by atoms with E-state index in [0.717, 1.165) is 29.0 Å². The highest BCUT2D eigenvalue weighted by Crippen LogP contribution is 2.39. The van der Waals surface area contributed by atoms with Crippen LogP contribution in [0.5, 0.6) is 5.88 Å². The molecule has 0 amide bonds. The van der Waals surface area contributed by atoms with E-state index in [1.54, 1.807) is 24.2 Å². The second kappa shape index (κ2) is 9.69. The van der Waals surface area contributed by atoms with Crippen molar-refractivity contribution in [1.29, 1.82) is 0 Å². The third kappa shape index (κ3) is 4.85. The van der Waals surface area contributed by atoms with E-state index in [2.05, 4.69) is 27.4 Å². The van der Waals surface area contributed by atoms with Crippen LogP contribution in [0.4, 0.5) is 5.69 Å². The Balaban J connectivity index is 1.56. The number of fused-ring (bicyclic) bond motifs is 3. The van der Waals surface area contributed by atoms with Crippen molar-refractivity contribution in [3.05, 3.63) is 54.4 Å². The maximum atomic E-state index is 6.26. The number of nitrogens with one attached hydrogen (secondary N) is 1. The minimum Gasteiger partial charge on any atom is -0.448 e. The van der Waals surface area contributed by atoms with Crippen molar-refractivity contribution in [2.24, 2.45) is 0 Å². The highest BCUT2D eigenvalue weighted by Gasteiger charge is 2.25. The molecule has 7 heteroatoms. The van der Waals surface area contributed by atoms with Crippen molar-refractivity contribution in [3.63, 3.8) is 0 Å². The maximum Gasteiger partial charge on any atom is 0.247 e. The number of thioether (sulfide) groups is 1. The van der Waals surface area contributed by atoms with Gasteiger partial charge in [0.15, 0.2) is 11.9 Å². The van der Waals surface area contributed by atoms with E-state index in [-0.39, 0.29) is 6.23 Å². The standard InChI is InChI=1S/C22H25N5OS/c1-2-3-4-5-8-15-29-22-25-21-19(26-27-22)17-9-6-7-10-18(17)24-20(28-21)16-11-13-23-14-12-16/h6-7,9-14,20,24H,2-5,8,15H2,1H3/t20-/m0/s1. The van der Waals surface area contributed by atoms with Crippen LogP contribution in [0.1, 0.15) is 50.8 Å². The van der Waals surface area contributed by atoms with Gasteiger partial charge in [0.05, 0.1) is 0 Å². The van der Waals surface area contributed by atoms with Crippen LogP contribution in [-0.2, 0) is 0 Å². The minimum atomic E-state index is -0.371. The van der Waals surface area contributed by atoms with Gasteiger partial charge < -0.3 is 10.1 Å². The number of benzene rings is 1. The monoisotopic (exact) mass is 407 g/mol. The van der Waals surface area contributed by atoms with Crippen LogP contribution in [0.3, 0.4) is 0 Å². The average molecular weight is 408 g/mol. The molecular formula is C22H25N5OS. The first-order valence-corrected chi connectivity index (χ1v) is 11.1. The third-order valence-corrected chi connectivity index (χ3v) is 5.75. The summed E-state index contributed by atoms with van der Waals surface area (Å²) < 4.78 is 6.26. The molecule has 6 nitrogen and oxygen atoms in total. The summed E-state index contributed by atoms with van der Waals surface area (Å²) >= 11 is 1.64. The van der Waals surface area contributed by atoms with E-state index in [9.17, 15) is 0 Å². The lowest BCUT2D eigenvalue weighted by Gasteiger charge is -2.19. The zero-order chi connectivity index (χ0) is 19.9. The second-order valence-corrected chi connectivity index (χ2v) is 8.04. The molecule has 3 aromatic rings.